The average molecular weight is 268 g/mol. The van der Waals surface area contributed by atoms with Crippen molar-refractivity contribution < 1.29 is 24.2 Å². The smallest absolute Gasteiger partial charge is 0.331 e. The summed E-state index contributed by atoms with van der Waals surface area (Å²) in [5.41, 5.74) is 0. The molecule has 0 aliphatic carbocycles. The molecular weight excluding hydrogens is 248 g/mol. The van der Waals surface area contributed by atoms with Crippen molar-refractivity contribution in [3.63, 3.8) is 0 Å². The molecule has 0 saturated carbocycles. The van der Waals surface area contributed by atoms with Crippen LogP contribution in [0.1, 0.15) is 33.1 Å². The van der Waals surface area contributed by atoms with Crippen LogP contribution in [0.5, 0.6) is 0 Å². The highest BCUT2D eigenvalue weighted by Gasteiger charge is 2.27. The van der Waals surface area contributed by atoms with Gasteiger partial charge in [-0.15, -0.1) is 0 Å². The van der Waals surface area contributed by atoms with E-state index in [1.807, 2.05) is 6.92 Å². The van der Waals surface area contributed by atoms with E-state index in [2.05, 4.69) is 0 Å². The number of hydrogen-bond donors (Lipinski definition) is 1. The van der Waals surface area contributed by atoms with Gasteiger partial charge in [0.1, 0.15) is 0 Å². The van der Waals surface area contributed by atoms with Gasteiger partial charge in [0.2, 0.25) is 0 Å². The fourth-order valence-electron chi connectivity index (χ4n) is 1.72. The molecule has 0 fully saturated rings. The first-order valence-corrected chi connectivity index (χ1v) is 6.45. The molecule has 0 saturated heterocycles. The minimum atomic E-state index is -0.683. The molecule has 0 amide bonds. The quantitative estimate of drug-likeness (QED) is 0.584. The number of carbonyl (C=O) groups excluding carboxylic acids is 2. The number of hydrogen-bond acceptors (Lipinski definition) is 5. The van der Waals surface area contributed by atoms with Crippen molar-refractivity contribution in [1.82, 2.24) is 0 Å². The van der Waals surface area contributed by atoms with E-state index in [1.165, 1.54) is 19.1 Å². The van der Waals surface area contributed by atoms with E-state index in [9.17, 15) is 14.7 Å². The van der Waals surface area contributed by atoms with Gasteiger partial charge in [0.05, 0.1) is 6.10 Å². The summed E-state index contributed by atoms with van der Waals surface area (Å²) in [5, 5.41) is 9.69. The highest BCUT2D eigenvalue weighted by atomic mass is 16.6. The van der Waals surface area contributed by atoms with Gasteiger partial charge in [-0.1, -0.05) is 25.8 Å². The summed E-state index contributed by atoms with van der Waals surface area (Å²) in [4.78, 5) is 22.1. The molecule has 1 aliphatic heterocycles. The number of unbranched alkanes of at least 4 members (excludes halogenated alkanes) is 1. The normalized spacial score (nSPS) is 24.3. The third-order valence-electron chi connectivity index (χ3n) is 2.68. The van der Waals surface area contributed by atoms with Gasteiger partial charge in [-0.3, -0.25) is 4.79 Å². The standard InChI is InChI=1S/C14H20O5/c1-3-4-5-11(16)6-7-13-12(18-10(2)15)8-9-14(17)19-13/h6-9,11-13,16H,3-5H2,1-2H3. The van der Waals surface area contributed by atoms with Gasteiger partial charge in [0.25, 0.3) is 0 Å². The Labute approximate surface area is 112 Å². The fourth-order valence-corrected chi connectivity index (χ4v) is 1.72. The third-order valence-corrected chi connectivity index (χ3v) is 2.68. The second kappa shape index (κ2) is 7.74. The molecule has 0 bridgehead atoms. The predicted molar refractivity (Wildman–Crippen MR) is 69.2 cm³/mol. The first-order valence-electron chi connectivity index (χ1n) is 6.45. The Morgan fingerprint density at radius 1 is 1.63 bits per heavy atom. The maximum atomic E-state index is 11.2. The van der Waals surface area contributed by atoms with E-state index in [-0.39, 0.29) is 0 Å². The van der Waals surface area contributed by atoms with E-state index in [4.69, 9.17) is 9.47 Å². The SMILES string of the molecule is CCCCC(O)C=CC1OC(=O)C=CC1OC(C)=O. The molecule has 19 heavy (non-hydrogen) atoms. The van der Waals surface area contributed by atoms with Gasteiger partial charge in [-0.05, 0) is 18.6 Å². The van der Waals surface area contributed by atoms with Crippen molar-refractivity contribution in [2.75, 3.05) is 0 Å². The molecule has 1 N–H and O–H groups in total. The largest absolute Gasteiger partial charge is 0.454 e. The topological polar surface area (TPSA) is 72.8 Å². The van der Waals surface area contributed by atoms with Crippen LogP contribution < -0.4 is 0 Å². The average Bonchev–Trinajstić information content (AvgIpc) is 2.36. The molecule has 0 radical (unpaired) electrons. The number of esters is 2. The van der Waals surface area contributed by atoms with Crippen molar-refractivity contribution in [3.05, 3.63) is 24.3 Å². The Hall–Kier alpha value is -1.62. The zero-order chi connectivity index (χ0) is 14.3. The lowest BCUT2D eigenvalue weighted by atomic mass is 10.1. The second-order valence-corrected chi connectivity index (χ2v) is 4.43. The third kappa shape index (κ3) is 5.70. The van der Waals surface area contributed by atoms with Gasteiger partial charge >= 0.3 is 11.9 Å². The molecule has 5 nitrogen and oxygen atoms in total. The van der Waals surface area contributed by atoms with Gasteiger partial charge < -0.3 is 14.6 Å². The molecule has 0 aromatic heterocycles. The van der Waals surface area contributed by atoms with Crippen LogP contribution in [0.2, 0.25) is 0 Å². The van der Waals surface area contributed by atoms with Crippen LogP contribution in [-0.2, 0) is 19.1 Å². The first kappa shape index (κ1) is 15.4. The van der Waals surface area contributed by atoms with Crippen LogP contribution >= 0.6 is 0 Å². The van der Waals surface area contributed by atoms with Crippen LogP contribution in [0, 0.1) is 0 Å². The zero-order valence-electron chi connectivity index (χ0n) is 11.2. The molecule has 1 rings (SSSR count). The number of aliphatic hydroxyl groups is 1. The van der Waals surface area contributed by atoms with Crippen LogP contribution in [0.15, 0.2) is 24.3 Å². The lowest BCUT2D eigenvalue weighted by molar-refractivity contribution is -0.158. The summed E-state index contributed by atoms with van der Waals surface area (Å²) in [6.07, 6.45) is 6.53. The van der Waals surface area contributed by atoms with Crippen molar-refractivity contribution in [1.29, 1.82) is 0 Å². The molecule has 1 aliphatic rings. The number of rotatable bonds is 6. The van der Waals surface area contributed by atoms with Crippen molar-refractivity contribution in [2.45, 2.75) is 51.4 Å². The maximum Gasteiger partial charge on any atom is 0.331 e. The molecule has 1 heterocycles. The summed E-state index contributed by atoms with van der Waals surface area (Å²) in [6.45, 7) is 3.34. The van der Waals surface area contributed by atoms with E-state index < -0.39 is 30.3 Å². The summed E-state index contributed by atoms with van der Waals surface area (Å²) in [5.74, 6) is -0.932. The van der Waals surface area contributed by atoms with Crippen molar-refractivity contribution in [2.24, 2.45) is 0 Å². The first-order chi connectivity index (χ1) is 9.02. The minimum Gasteiger partial charge on any atom is -0.454 e. The van der Waals surface area contributed by atoms with Gasteiger partial charge in [-0.25, -0.2) is 4.79 Å². The van der Waals surface area contributed by atoms with Crippen LogP contribution in [-0.4, -0.2) is 35.4 Å². The van der Waals surface area contributed by atoms with Crippen LogP contribution in [0.4, 0.5) is 0 Å². The molecule has 106 valence electrons. The van der Waals surface area contributed by atoms with Gasteiger partial charge in [0.15, 0.2) is 12.2 Å². The fraction of sp³-hybridized carbons (Fsp3) is 0.571. The number of ether oxygens (including phenoxy) is 2. The molecular formula is C14H20O5. The zero-order valence-corrected chi connectivity index (χ0v) is 11.2. The van der Waals surface area contributed by atoms with Crippen LogP contribution in [0.3, 0.4) is 0 Å². The summed E-state index contributed by atoms with van der Waals surface area (Å²) in [6, 6.07) is 0. The molecule has 5 heteroatoms. The Bertz CT molecular complexity index is 372. The van der Waals surface area contributed by atoms with Crippen molar-refractivity contribution >= 4 is 11.9 Å². The summed E-state index contributed by atoms with van der Waals surface area (Å²) < 4.78 is 10.1. The predicted octanol–water partition coefficient (Wildman–Crippen LogP) is 1.51. The highest BCUT2D eigenvalue weighted by molar-refractivity contribution is 5.83. The maximum absolute atomic E-state index is 11.2. The van der Waals surface area contributed by atoms with E-state index >= 15 is 0 Å². The molecule has 0 aromatic carbocycles. The van der Waals surface area contributed by atoms with E-state index in [0.717, 1.165) is 12.8 Å². The van der Waals surface area contributed by atoms with E-state index in [0.29, 0.717) is 6.42 Å². The Balaban J connectivity index is 2.61. The highest BCUT2D eigenvalue weighted by Crippen LogP contribution is 2.15. The van der Waals surface area contributed by atoms with E-state index in [1.54, 1.807) is 12.2 Å². The summed E-state index contributed by atoms with van der Waals surface area (Å²) >= 11 is 0. The lowest BCUT2D eigenvalue weighted by Crippen LogP contribution is -2.35. The molecule has 3 atom stereocenters. The number of aliphatic hydroxyl groups excluding tert-OH is 1. The minimum absolute atomic E-state index is 0.447. The Morgan fingerprint density at radius 3 is 3.00 bits per heavy atom. The lowest BCUT2D eigenvalue weighted by Gasteiger charge is -2.24. The monoisotopic (exact) mass is 268 g/mol. The molecule has 3 unspecified atom stereocenters. The Kier molecular flexibility index (Phi) is 6.29. The number of carbonyl (C=O) groups is 2. The van der Waals surface area contributed by atoms with Gasteiger partial charge in [-0.2, -0.15) is 0 Å². The molecule has 0 spiro atoms. The molecule has 0 aromatic rings. The van der Waals surface area contributed by atoms with Gasteiger partial charge in [0, 0.05) is 13.0 Å². The second-order valence-electron chi connectivity index (χ2n) is 4.43. The van der Waals surface area contributed by atoms with Crippen LogP contribution in [0.25, 0.3) is 0 Å². The Morgan fingerprint density at radius 2 is 2.37 bits per heavy atom. The van der Waals surface area contributed by atoms with Crippen molar-refractivity contribution in [3.8, 4) is 0 Å². The summed E-state index contributed by atoms with van der Waals surface area (Å²) in [7, 11) is 0. The number of cyclic esters (lactones) is 1.